The highest BCUT2D eigenvalue weighted by molar-refractivity contribution is 9.10. The van der Waals surface area contributed by atoms with E-state index < -0.39 is 0 Å². The van der Waals surface area contributed by atoms with Gasteiger partial charge in [-0.2, -0.15) is 0 Å². The maximum absolute atomic E-state index is 12.0. The Labute approximate surface area is 120 Å². The molecule has 4 nitrogen and oxygen atoms in total. The van der Waals surface area contributed by atoms with E-state index in [0.717, 1.165) is 21.8 Å². The molecule has 2 aliphatic rings. The first kappa shape index (κ1) is 11.9. The topological polar surface area (TPSA) is 58.2 Å². The number of fused-ring (bicyclic) bond motifs is 1. The first-order valence-corrected chi connectivity index (χ1v) is 6.97. The lowest BCUT2D eigenvalue weighted by molar-refractivity contribution is -0.115. The lowest BCUT2D eigenvalue weighted by Gasteiger charge is -2.00. The Morgan fingerprint density at radius 1 is 1.17 bits per heavy atom. The molecule has 90 valence electrons. The minimum absolute atomic E-state index is 0.273. The van der Waals surface area contributed by atoms with Crippen LogP contribution in [0.15, 0.2) is 27.6 Å². The number of benzene rings is 1. The molecule has 2 heterocycles. The van der Waals surface area contributed by atoms with Crippen LogP contribution < -0.4 is 10.6 Å². The molecule has 2 amide bonds. The number of rotatable bonds is 0. The van der Waals surface area contributed by atoms with Gasteiger partial charge in [0.1, 0.15) is 4.32 Å². The van der Waals surface area contributed by atoms with Crippen LogP contribution in [-0.2, 0) is 9.59 Å². The van der Waals surface area contributed by atoms with Crippen LogP contribution in [0.5, 0.6) is 0 Å². The third-order valence-electron chi connectivity index (χ3n) is 2.57. The van der Waals surface area contributed by atoms with Crippen molar-refractivity contribution < 1.29 is 9.59 Å². The summed E-state index contributed by atoms with van der Waals surface area (Å²) in [5.41, 5.74) is 1.81. The van der Waals surface area contributed by atoms with E-state index >= 15 is 0 Å². The van der Waals surface area contributed by atoms with E-state index in [2.05, 4.69) is 26.6 Å². The first-order chi connectivity index (χ1) is 8.56. The Morgan fingerprint density at radius 3 is 2.61 bits per heavy atom. The van der Waals surface area contributed by atoms with Gasteiger partial charge in [0.05, 0.1) is 10.5 Å². The molecule has 1 aromatic carbocycles. The van der Waals surface area contributed by atoms with Crippen molar-refractivity contribution in [3.63, 3.8) is 0 Å². The zero-order chi connectivity index (χ0) is 12.9. The minimum atomic E-state index is -0.317. The number of anilines is 1. The molecule has 3 rings (SSSR count). The third-order valence-corrected chi connectivity index (χ3v) is 4.30. The number of thioether (sulfide) groups is 1. The standard InChI is InChI=1S/C11H5BrN2O2S2/c12-4-1-2-6-5(3-4)7(9(15)13-6)8-10(16)14-11(17)18-8/h1-3H,(H,13,15)(H,14,16,17)/b8-7+. The fourth-order valence-electron chi connectivity index (χ4n) is 1.84. The second kappa shape index (κ2) is 4.18. The summed E-state index contributed by atoms with van der Waals surface area (Å²) in [5, 5.41) is 5.25. The van der Waals surface area contributed by atoms with Crippen molar-refractivity contribution in [1.82, 2.24) is 5.32 Å². The number of hydrogen-bond donors (Lipinski definition) is 2. The van der Waals surface area contributed by atoms with Crippen molar-refractivity contribution in [2.45, 2.75) is 0 Å². The normalized spacial score (nSPS) is 21.9. The molecular formula is C11H5BrN2O2S2. The lowest BCUT2D eigenvalue weighted by Crippen LogP contribution is -2.19. The van der Waals surface area contributed by atoms with Crippen LogP contribution in [0.25, 0.3) is 5.57 Å². The molecule has 0 spiro atoms. The number of halogens is 1. The lowest BCUT2D eigenvalue weighted by atomic mass is 10.1. The summed E-state index contributed by atoms with van der Waals surface area (Å²) in [6, 6.07) is 5.44. The van der Waals surface area contributed by atoms with Gasteiger partial charge >= 0.3 is 0 Å². The van der Waals surface area contributed by atoms with Crippen LogP contribution in [0.2, 0.25) is 0 Å². The molecule has 0 aliphatic carbocycles. The predicted octanol–water partition coefficient (Wildman–Crippen LogP) is 2.26. The Kier molecular flexibility index (Phi) is 2.76. The van der Waals surface area contributed by atoms with Gasteiger partial charge < -0.3 is 10.6 Å². The largest absolute Gasteiger partial charge is 0.321 e. The average molecular weight is 341 g/mol. The molecule has 0 aromatic heterocycles. The highest BCUT2D eigenvalue weighted by atomic mass is 79.9. The van der Waals surface area contributed by atoms with E-state index in [1.807, 2.05) is 12.1 Å². The Balaban J connectivity index is 2.23. The van der Waals surface area contributed by atoms with Crippen molar-refractivity contribution >= 4 is 67.3 Å². The van der Waals surface area contributed by atoms with Crippen molar-refractivity contribution in [1.29, 1.82) is 0 Å². The highest BCUT2D eigenvalue weighted by Crippen LogP contribution is 2.40. The van der Waals surface area contributed by atoms with Crippen LogP contribution in [0.4, 0.5) is 5.69 Å². The second-order valence-electron chi connectivity index (χ2n) is 3.69. The zero-order valence-electron chi connectivity index (χ0n) is 8.74. The number of nitrogens with one attached hydrogen (secondary N) is 2. The smallest absolute Gasteiger partial charge is 0.264 e. The zero-order valence-corrected chi connectivity index (χ0v) is 12.0. The Hall–Kier alpha value is -1.18. The van der Waals surface area contributed by atoms with Crippen molar-refractivity contribution in [2.24, 2.45) is 0 Å². The molecule has 1 fully saturated rings. The number of amides is 2. The molecule has 0 atom stereocenters. The van der Waals surface area contributed by atoms with Crippen LogP contribution in [0, 0.1) is 0 Å². The summed E-state index contributed by atoms with van der Waals surface area (Å²) in [6.45, 7) is 0. The summed E-state index contributed by atoms with van der Waals surface area (Å²) in [6.07, 6.45) is 0. The van der Waals surface area contributed by atoms with Gasteiger partial charge in [-0.15, -0.1) is 0 Å². The third kappa shape index (κ3) is 1.79. The van der Waals surface area contributed by atoms with Gasteiger partial charge in [0.25, 0.3) is 11.8 Å². The highest BCUT2D eigenvalue weighted by Gasteiger charge is 2.34. The summed E-state index contributed by atoms with van der Waals surface area (Å²) < 4.78 is 1.22. The fraction of sp³-hybridized carbons (Fsp3) is 0. The van der Waals surface area contributed by atoms with Gasteiger partial charge in [0.15, 0.2) is 0 Å². The molecule has 0 bridgehead atoms. The molecule has 2 aliphatic heterocycles. The number of carbonyl (C=O) groups excluding carboxylic acids is 2. The average Bonchev–Trinajstić information content (AvgIpc) is 2.77. The van der Waals surface area contributed by atoms with E-state index in [1.165, 1.54) is 0 Å². The number of thiocarbonyl (C=S) groups is 1. The summed E-state index contributed by atoms with van der Waals surface area (Å²) in [5.74, 6) is -0.589. The number of carbonyl (C=O) groups is 2. The molecule has 7 heteroatoms. The van der Waals surface area contributed by atoms with Gasteiger partial charge in [-0.3, -0.25) is 9.59 Å². The SMILES string of the molecule is O=C1NC(=S)S/C1=C1/C(=O)Nc2ccc(Br)cc21. The van der Waals surface area contributed by atoms with Crippen molar-refractivity contribution in [3.8, 4) is 0 Å². The van der Waals surface area contributed by atoms with E-state index in [1.54, 1.807) is 6.07 Å². The van der Waals surface area contributed by atoms with Crippen LogP contribution in [0.3, 0.4) is 0 Å². The molecule has 0 unspecified atom stereocenters. The molecule has 18 heavy (non-hydrogen) atoms. The summed E-state index contributed by atoms with van der Waals surface area (Å²) in [7, 11) is 0. The van der Waals surface area contributed by atoms with Gasteiger partial charge in [0.2, 0.25) is 0 Å². The molecular weight excluding hydrogens is 336 g/mol. The fourth-order valence-corrected chi connectivity index (χ4v) is 3.32. The molecule has 2 N–H and O–H groups in total. The van der Waals surface area contributed by atoms with E-state index in [9.17, 15) is 9.59 Å². The Bertz CT molecular complexity index is 654. The van der Waals surface area contributed by atoms with E-state index in [4.69, 9.17) is 12.2 Å². The van der Waals surface area contributed by atoms with Crippen molar-refractivity contribution in [3.05, 3.63) is 33.1 Å². The van der Waals surface area contributed by atoms with E-state index in [0.29, 0.717) is 20.5 Å². The molecule has 0 radical (unpaired) electrons. The quantitative estimate of drug-likeness (QED) is 0.561. The summed E-state index contributed by atoms with van der Waals surface area (Å²) >= 11 is 9.40. The van der Waals surface area contributed by atoms with Crippen molar-refractivity contribution in [2.75, 3.05) is 5.32 Å². The molecule has 1 aromatic rings. The van der Waals surface area contributed by atoms with Crippen LogP contribution >= 0.6 is 39.9 Å². The second-order valence-corrected chi connectivity index (χ2v) is 6.29. The molecule has 1 saturated heterocycles. The van der Waals surface area contributed by atoms with Gasteiger partial charge in [-0.25, -0.2) is 0 Å². The maximum atomic E-state index is 12.0. The van der Waals surface area contributed by atoms with Gasteiger partial charge in [-0.1, -0.05) is 39.9 Å². The first-order valence-electron chi connectivity index (χ1n) is 4.95. The van der Waals surface area contributed by atoms with E-state index in [-0.39, 0.29) is 11.8 Å². The molecule has 0 saturated carbocycles. The monoisotopic (exact) mass is 340 g/mol. The Morgan fingerprint density at radius 2 is 1.94 bits per heavy atom. The van der Waals surface area contributed by atoms with Crippen LogP contribution in [-0.4, -0.2) is 16.1 Å². The predicted molar refractivity (Wildman–Crippen MR) is 78.0 cm³/mol. The van der Waals surface area contributed by atoms with Gasteiger partial charge in [-0.05, 0) is 18.2 Å². The number of hydrogen-bond acceptors (Lipinski definition) is 4. The maximum Gasteiger partial charge on any atom is 0.264 e. The van der Waals surface area contributed by atoms with Crippen LogP contribution in [0.1, 0.15) is 5.56 Å². The van der Waals surface area contributed by atoms with Gasteiger partial charge in [0, 0.05) is 15.7 Å². The minimum Gasteiger partial charge on any atom is -0.321 e. The summed E-state index contributed by atoms with van der Waals surface area (Å²) in [4.78, 5) is 24.1.